The first-order valence-electron chi connectivity index (χ1n) is 8.08. The third-order valence-corrected chi connectivity index (χ3v) is 5.59. The normalized spacial score (nSPS) is 21.4. The minimum Gasteiger partial charge on any atom is -0.375 e. The Hall–Kier alpha value is -1.55. The summed E-state index contributed by atoms with van der Waals surface area (Å²) in [6.07, 6.45) is -0.116. The van der Waals surface area contributed by atoms with Gasteiger partial charge in [-0.25, -0.2) is 17.5 Å². The third kappa shape index (κ3) is 5.21. The topological polar surface area (TPSA) is 87.7 Å². The van der Waals surface area contributed by atoms with Crippen molar-refractivity contribution < 1.29 is 22.3 Å². The Kier molecular flexibility index (Phi) is 6.50. The number of hydrogen-bond donors (Lipinski definition) is 2. The van der Waals surface area contributed by atoms with E-state index in [2.05, 4.69) is 10.0 Å². The number of nitrogens with zero attached hydrogens (tertiary/aromatic N) is 1. The van der Waals surface area contributed by atoms with Crippen LogP contribution in [-0.4, -0.2) is 64.7 Å². The van der Waals surface area contributed by atoms with Gasteiger partial charge in [-0.1, -0.05) is 0 Å². The van der Waals surface area contributed by atoms with E-state index in [-0.39, 0.29) is 22.6 Å². The first-order chi connectivity index (χ1) is 11.7. The number of carbonyl (C=O) groups is 1. The Bertz CT molecular complexity index is 726. The molecule has 0 unspecified atom stereocenters. The number of amides is 1. The predicted molar refractivity (Wildman–Crippen MR) is 91.2 cm³/mol. The molecule has 25 heavy (non-hydrogen) atoms. The molecule has 2 rings (SSSR count). The highest BCUT2D eigenvalue weighted by molar-refractivity contribution is 7.89. The third-order valence-electron chi connectivity index (χ3n) is 4.03. The number of halogens is 1. The molecule has 0 saturated carbocycles. The Labute approximate surface area is 147 Å². The minimum atomic E-state index is -3.89. The second-order valence-electron chi connectivity index (χ2n) is 6.12. The standard InChI is InChI=1S/C16H24FN3O4S/c1-4-24-14-10-20(3)9-13(14)19-16(21)8-18-25(22,23)15-6-5-12(17)7-11(15)2/h5-7,13-14,18H,4,8-10H2,1-3H3,(H,19,21)/t13-,14-/m0/s1. The smallest absolute Gasteiger partial charge is 0.241 e. The lowest BCUT2D eigenvalue weighted by atomic mass is 10.2. The number of carbonyl (C=O) groups excluding carboxylic acids is 1. The first kappa shape index (κ1) is 19.8. The first-order valence-corrected chi connectivity index (χ1v) is 9.56. The van der Waals surface area contributed by atoms with Gasteiger partial charge >= 0.3 is 0 Å². The molecule has 0 bridgehead atoms. The van der Waals surface area contributed by atoms with E-state index in [4.69, 9.17) is 4.74 Å². The van der Waals surface area contributed by atoms with Gasteiger partial charge in [-0.15, -0.1) is 0 Å². The highest BCUT2D eigenvalue weighted by Gasteiger charge is 2.32. The molecule has 0 aliphatic carbocycles. The van der Waals surface area contributed by atoms with Crippen molar-refractivity contribution in [2.75, 3.05) is 33.3 Å². The largest absolute Gasteiger partial charge is 0.375 e. The number of benzene rings is 1. The lowest BCUT2D eigenvalue weighted by Crippen LogP contribution is -2.47. The van der Waals surface area contributed by atoms with Crippen molar-refractivity contribution in [2.45, 2.75) is 30.9 Å². The van der Waals surface area contributed by atoms with Crippen LogP contribution in [0, 0.1) is 12.7 Å². The Morgan fingerprint density at radius 2 is 2.12 bits per heavy atom. The van der Waals surface area contributed by atoms with Gasteiger partial charge in [-0.3, -0.25) is 4.79 Å². The lowest BCUT2D eigenvalue weighted by molar-refractivity contribution is -0.121. The van der Waals surface area contributed by atoms with Gasteiger partial charge in [0.1, 0.15) is 5.82 Å². The average Bonchev–Trinajstić information content (AvgIpc) is 2.85. The number of rotatable bonds is 7. The molecule has 1 aliphatic heterocycles. The molecule has 0 spiro atoms. The van der Waals surface area contributed by atoms with Crippen molar-refractivity contribution in [1.29, 1.82) is 0 Å². The molecule has 9 heteroatoms. The lowest BCUT2D eigenvalue weighted by Gasteiger charge is -2.20. The van der Waals surface area contributed by atoms with E-state index in [1.54, 1.807) is 0 Å². The molecule has 1 aliphatic rings. The van der Waals surface area contributed by atoms with Crippen LogP contribution >= 0.6 is 0 Å². The van der Waals surface area contributed by atoms with Crippen molar-refractivity contribution in [3.8, 4) is 0 Å². The summed E-state index contributed by atoms with van der Waals surface area (Å²) in [5.74, 6) is -0.949. The quantitative estimate of drug-likeness (QED) is 0.715. The predicted octanol–water partition coefficient (Wildman–Crippen LogP) is 0.248. The zero-order valence-corrected chi connectivity index (χ0v) is 15.4. The van der Waals surface area contributed by atoms with Crippen LogP contribution in [0.4, 0.5) is 4.39 Å². The molecule has 7 nitrogen and oxygen atoms in total. The van der Waals surface area contributed by atoms with E-state index in [0.717, 1.165) is 12.1 Å². The van der Waals surface area contributed by atoms with Crippen LogP contribution in [0.5, 0.6) is 0 Å². The molecule has 1 aromatic carbocycles. The van der Waals surface area contributed by atoms with E-state index in [9.17, 15) is 17.6 Å². The maximum absolute atomic E-state index is 13.1. The Balaban J connectivity index is 1.94. The van der Waals surface area contributed by atoms with Crippen LogP contribution in [0.1, 0.15) is 12.5 Å². The van der Waals surface area contributed by atoms with Crippen molar-refractivity contribution in [2.24, 2.45) is 0 Å². The van der Waals surface area contributed by atoms with Gasteiger partial charge in [0.2, 0.25) is 15.9 Å². The van der Waals surface area contributed by atoms with E-state index >= 15 is 0 Å². The zero-order chi connectivity index (χ0) is 18.6. The number of aryl methyl sites for hydroxylation is 1. The molecule has 2 N–H and O–H groups in total. The average molecular weight is 373 g/mol. The van der Waals surface area contributed by atoms with Crippen LogP contribution in [-0.2, 0) is 19.6 Å². The molecular weight excluding hydrogens is 349 g/mol. The summed E-state index contributed by atoms with van der Waals surface area (Å²) in [6, 6.07) is 3.20. The van der Waals surface area contributed by atoms with Crippen molar-refractivity contribution >= 4 is 15.9 Å². The van der Waals surface area contributed by atoms with Crippen LogP contribution in [0.2, 0.25) is 0 Å². The van der Waals surface area contributed by atoms with Gasteiger partial charge in [-0.2, -0.15) is 0 Å². The van der Waals surface area contributed by atoms with Gasteiger partial charge in [0, 0.05) is 19.7 Å². The Morgan fingerprint density at radius 1 is 1.40 bits per heavy atom. The van der Waals surface area contributed by atoms with E-state index in [1.807, 2.05) is 18.9 Å². The molecule has 1 fully saturated rings. The summed E-state index contributed by atoms with van der Waals surface area (Å²) in [4.78, 5) is 14.1. The van der Waals surface area contributed by atoms with Crippen molar-refractivity contribution in [3.05, 3.63) is 29.6 Å². The maximum atomic E-state index is 13.1. The SMILES string of the molecule is CCO[C@H]1CN(C)C[C@@H]1NC(=O)CNS(=O)(=O)c1ccc(F)cc1C. The van der Waals surface area contributed by atoms with Crippen LogP contribution < -0.4 is 10.0 Å². The molecular formula is C16H24FN3O4S. The fourth-order valence-electron chi connectivity index (χ4n) is 2.89. The number of sulfonamides is 1. The summed E-state index contributed by atoms with van der Waals surface area (Å²) < 4.78 is 45.5. The van der Waals surface area contributed by atoms with E-state index in [1.165, 1.54) is 13.0 Å². The second-order valence-corrected chi connectivity index (χ2v) is 7.86. The molecule has 0 aromatic heterocycles. The maximum Gasteiger partial charge on any atom is 0.241 e. The highest BCUT2D eigenvalue weighted by atomic mass is 32.2. The molecule has 2 atom stereocenters. The monoisotopic (exact) mass is 373 g/mol. The molecule has 1 aromatic rings. The number of ether oxygens (including phenoxy) is 1. The second kappa shape index (κ2) is 8.22. The fraction of sp³-hybridized carbons (Fsp3) is 0.562. The zero-order valence-electron chi connectivity index (χ0n) is 14.6. The minimum absolute atomic E-state index is 0.0468. The molecule has 0 radical (unpaired) electrons. The van der Waals surface area contributed by atoms with Crippen LogP contribution in [0.25, 0.3) is 0 Å². The molecule has 1 amide bonds. The van der Waals surface area contributed by atoms with Gasteiger partial charge in [-0.05, 0) is 44.7 Å². The van der Waals surface area contributed by atoms with Gasteiger partial charge in [0.15, 0.2) is 0 Å². The van der Waals surface area contributed by atoms with Crippen molar-refractivity contribution in [3.63, 3.8) is 0 Å². The number of nitrogens with one attached hydrogen (secondary N) is 2. The summed E-state index contributed by atoms with van der Waals surface area (Å²) in [5.41, 5.74) is 0.279. The summed E-state index contributed by atoms with van der Waals surface area (Å²) in [7, 11) is -1.96. The molecule has 1 heterocycles. The summed E-state index contributed by atoms with van der Waals surface area (Å²) in [6.45, 7) is 4.88. The highest BCUT2D eigenvalue weighted by Crippen LogP contribution is 2.16. The fourth-order valence-corrected chi connectivity index (χ4v) is 4.10. The van der Waals surface area contributed by atoms with Gasteiger partial charge < -0.3 is 15.0 Å². The Morgan fingerprint density at radius 3 is 2.76 bits per heavy atom. The molecule has 140 valence electrons. The van der Waals surface area contributed by atoms with Crippen LogP contribution in [0.15, 0.2) is 23.1 Å². The van der Waals surface area contributed by atoms with Gasteiger partial charge in [0.25, 0.3) is 0 Å². The molecule has 1 saturated heterocycles. The number of likely N-dealkylation sites (N-methyl/N-ethyl adjacent to an activating group) is 1. The van der Waals surface area contributed by atoms with E-state index < -0.39 is 28.3 Å². The number of likely N-dealkylation sites (tertiary alicyclic amines) is 1. The van der Waals surface area contributed by atoms with Gasteiger partial charge in [0.05, 0.1) is 23.6 Å². The van der Waals surface area contributed by atoms with Crippen LogP contribution in [0.3, 0.4) is 0 Å². The van der Waals surface area contributed by atoms with Crippen molar-refractivity contribution in [1.82, 2.24) is 14.9 Å². The number of hydrogen-bond acceptors (Lipinski definition) is 5. The van der Waals surface area contributed by atoms with E-state index in [0.29, 0.717) is 19.7 Å². The summed E-state index contributed by atoms with van der Waals surface area (Å²) >= 11 is 0. The summed E-state index contributed by atoms with van der Waals surface area (Å²) in [5, 5.41) is 2.80.